The highest BCUT2D eigenvalue weighted by Gasteiger charge is 2.16. The summed E-state index contributed by atoms with van der Waals surface area (Å²) >= 11 is 1.46. The first-order valence-corrected chi connectivity index (χ1v) is 6.39. The van der Waals surface area contributed by atoms with Gasteiger partial charge < -0.3 is 10.6 Å². The van der Waals surface area contributed by atoms with Gasteiger partial charge in [0, 0.05) is 10.6 Å². The SMILES string of the molecule is CC(=O)CC(=O)Nc1ccc2c(c1)NC(=O)CS2. The number of ketones is 1. The van der Waals surface area contributed by atoms with Crippen molar-refractivity contribution in [2.75, 3.05) is 16.4 Å². The summed E-state index contributed by atoms with van der Waals surface area (Å²) in [5.41, 5.74) is 1.26. The zero-order chi connectivity index (χ0) is 13.1. The smallest absolute Gasteiger partial charge is 0.234 e. The van der Waals surface area contributed by atoms with Gasteiger partial charge in [0.2, 0.25) is 11.8 Å². The fraction of sp³-hybridized carbons (Fsp3) is 0.250. The quantitative estimate of drug-likeness (QED) is 0.814. The van der Waals surface area contributed by atoms with Gasteiger partial charge in [-0.2, -0.15) is 0 Å². The molecule has 2 rings (SSSR count). The molecule has 2 amide bonds. The van der Waals surface area contributed by atoms with Crippen LogP contribution < -0.4 is 10.6 Å². The number of Topliss-reactive ketones (excluding diaryl/α,β-unsaturated/α-hetero) is 1. The van der Waals surface area contributed by atoms with Crippen LogP contribution in [0, 0.1) is 0 Å². The van der Waals surface area contributed by atoms with Crippen molar-refractivity contribution in [2.45, 2.75) is 18.2 Å². The average molecular weight is 264 g/mol. The summed E-state index contributed by atoms with van der Waals surface area (Å²) in [6.07, 6.45) is -0.141. The van der Waals surface area contributed by atoms with E-state index in [1.54, 1.807) is 12.1 Å². The number of hydrogen-bond donors (Lipinski definition) is 2. The Labute approximate surface area is 108 Å². The Hall–Kier alpha value is -1.82. The van der Waals surface area contributed by atoms with Crippen LogP contribution in [-0.2, 0) is 14.4 Å². The van der Waals surface area contributed by atoms with E-state index in [0.717, 1.165) is 4.90 Å². The minimum atomic E-state index is -0.350. The monoisotopic (exact) mass is 264 g/mol. The van der Waals surface area contributed by atoms with Gasteiger partial charge in [0.1, 0.15) is 5.78 Å². The molecule has 0 fully saturated rings. The van der Waals surface area contributed by atoms with Gasteiger partial charge in [-0.15, -0.1) is 11.8 Å². The molecule has 1 aromatic rings. The highest BCUT2D eigenvalue weighted by atomic mass is 32.2. The fourth-order valence-electron chi connectivity index (χ4n) is 1.59. The van der Waals surface area contributed by atoms with Crippen LogP contribution in [0.25, 0.3) is 0 Å². The van der Waals surface area contributed by atoms with Crippen molar-refractivity contribution >= 4 is 40.7 Å². The zero-order valence-electron chi connectivity index (χ0n) is 9.78. The summed E-state index contributed by atoms with van der Waals surface area (Å²) in [6, 6.07) is 5.28. The predicted octanol–water partition coefficient (Wildman–Crippen LogP) is 1.65. The molecule has 0 radical (unpaired) electrons. The van der Waals surface area contributed by atoms with E-state index in [1.165, 1.54) is 18.7 Å². The Morgan fingerprint density at radius 1 is 1.44 bits per heavy atom. The number of hydrogen-bond acceptors (Lipinski definition) is 4. The Kier molecular flexibility index (Phi) is 3.66. The number of benzene rings is 1. The fourth-order valence-corrected chi connectivity index (χ4v) is 2.38. The van der Waals surface area contributed by atoms with Gasteiger partial charge in [0.05, 0.1) is 17.9 Å². The van der Waals surface area contributed by atoms with E-state index in [4.69, 9.17) is 0 Å². The Balaban J connectivity index is 2.11. The molecule has 1 heterocycles. The number of thioether (sulfide) groups is 1. The van der Waals surface area contributed by atoms with E-state index in [-0.39, 0.29) is 24.0 Å². The molecule has 0 aliphatic carbocycles. The number of carbonyl (C=O) groups is 3. The van der Waals surface area contributed by atoms with Crippen LogP contribution in [0.4, 0.5) is 11.4 Å². The van der Waals surface area contributed by atoms with E-state index in [0.29, 0.717) is 17.1 Å². The third kappa shape index (κ3) is 3.10. The minimum absolute atomic E-state index is 0.0558. The number of fused-ring (bicyclic) bond motifs is 1. The maximum Gasteiger partial charge on any atom is 0.234 e. The van der Waals surface area contributed by atoms with Crippen molar-refractivity contribution in [3.8, 4) is 0 Å². The van der Waals surface area contributed by atoms with Crippen LogP contribution in [0.2, 0.25) is 0 Å². The van der Waals surface area contributed by atoms with Gasteiger partial charge >= 0.3 is 0 Å². The lowest BCUT2D eigenvalue weighted by Gasteiger charge is -2.17. The van der Waals surface area contributed by atoms with Gasteiger partial charge in [-0.3, -0.25) is 14.4 Å². The summed E-state index contributed by atoms with van der Waals surface area (Å²) in [5, 5.41) is 5.35. The van der Waals surface area contributed by atoms with Crippen molar-refractivity contribution in [1.82, 2.24) is 0 Å². The molecule has 0 atom stereocenters. The predicted molar refractivity (Wildman–Crippen MR) is 69.7 cm³/mol. The first-order chi connectivity index (χ1) is 8.54. The van der Waals surface area contributed by atoms with Crippen LogP contribution in [0.1, 0.15) is 13.3 Å². The highest BCUT2D eigenvalue weighted by Crippen LogP contribution is 2.33. The summed E-state index contributed by atoms with van der Waals surface area (Å²) in [7, 11) is 0. The van der Waals surface area contributed by atoms with Crippen LogP contribution in [-0.4, -0.2) is 23.4 Å². The van der Waals surface area contributed by atoms with Crippen molar-refractivity contribution in [3.63, 3.8) is 0 Å². The average Bonchev–Trinajstić information content (AvgIpc) is 2.27. The summed E-state index contributed by atoms with van der Waals surface area (Å²) in [6.45, 7) is 1.36. The number of nitrogens with one attached hydrogen (secondary N) is 2. The molecule has 0 saturated carbocycles. The van der Waals surface area contributed by atoms with Gasteiger partial charge in [-0.25, -0.2) is 0 Å². The van der Waals surface area contributed by atoms with Gasteiger partial charge in [0.25, 0.3) is 0 Å². The van der Waals surface area contributed by atoms with Crippen LogP contribution in [0.15, 0.2) is 23.1 Å². The number of carbonyl (C=O) groups excluding carboxylic acids is 3. The van der Waals surface area contributed by atoms with Crippen LogP contribution in [0.3, 0.4) is 0 Å². The largest absolute Gasteiger partial charge is 0.326 e. The van der Waals surface area contributed by atoms with Crippen molar-refractivity contribution in [1.29, 1.82) is 0 Å². The molecular weight excluding hydrogens is 252 g/mol. The highest BCUT2D eigenvalue weighted by molar-refractivity contribution is 8.00. The van der Waals surface area contributed by atoms with Crippen LogP contribution >= 0.6 is 11.8 Å². The van der Waals surface area contributed by atoms with E-state index < -0.39 is 0 Å². The van der Waals surface area contributed by atoms with Gasteiger partial charge in [-0.05, 0) is 25.1 Å². The van der Waals surface area contributed by atoms with E-state index in [2.05, 4.69) is 10.6 Å². The summed E-state index contributed by atoms with van der Waals surface area (Å²) < 4.78 is 0. The third-order valence-corrected chi connectivity index (χ3v) is 3.38. The maximum atomic E-state index is 11.4. The zero-order valence-corrected chi connectivity index (χ0v) is 10.6. The third-order valence-electron chi connectivity index (χ3n) is 2.31. The standard InChI is InChI=1S/C12H12N2O3S/c1-7(15)4-11(16)13-8-2-3-10-9(5-8)14-12(17)6-18-10/h2-3,5H,4,6H2,1H3,(H,13,16)(H,14,17). The normalized spacial score (nSPS) is 13.5. The van der Waals surface area contributed by atoms with E-state index in [1.807, 2.05) is 6.07 Å². The van der Waals surface area contributed by atoms with Crippen molar-refractivity contribution in [2.24, 2.45) is 0 Å². The van der Waals surface area contributed by atoms with Gasteiger partial charge in [0.15, 0.2) is 0 Å². The Bertz CT molecular complexity index is 528. The maximum absolute atomic E-state index is 11.4. The molecular formula is C12H12N2O3S. The van der Waals surface area contributed by atoms with E-state index in [9.17, 15) is 14.4 Å². The molecule has 0 spiro atoms. The van der Waals surface area contributed by atoms with Crippen molar-refractivity contribution < 1.29 is 14.4 Å². The second kappa shape index (κ2) is 5.22. The lowest BCUT2D eigenvalue weighted by molar-refractivity contribution is -0.124. The molecule has 6 heteroatoms. The molecule has 0 saturated heterocycles. The first-order valence-electron chi connectivity index (χ1n) is 5.40. The van der Waals surface area contributed by atoms with E-state index >= 15 is 0 Å². The second-order valence-electron chi connectivity index (χ2n) is 3.97. The summed E-state index contributed by atoms with van der Waals surface area (Å²) in [4.78, 5) is 34.4. The number of rotatable bonds is 3. The Morgan fingerprint density at radius 3 is 2.94 bits per heavy atom. The lowest BCUT2D eigenvalue weighted by atomic mass is 10.2. The lowest BCUT2D eigenvalue weighted by Crippen LogP contribution is -2.19. The van der Waals surface area contributed by atoms with Crippen molar-refractivity contribution in [3.05, 3.63) is 18.2 Å². The molecule has 1 aliphatic heterocycles. The molecule has 18 heavy (non-hydrogen) atoms. The first kappa shape index (κ1) is 12.6. The molecule has 0 bridgehead atoms. The number of amides is 2. The van der Waals surface area contributed by atoms with Gasteiger partial charge in [-0.1, -0.05) is 0 Å². The van der Waals surface area contributed by atoms with Crippen LogP contribution in [0.5, 0.6) is 0 Å². The molecule has 0 aromatic heterocycles. The Morgan fingerprint density at radius 2 is 2.22 bits per heavy atom. The topological polar surface area (TPSA) is 75.3 Å². The molecule has 94 valence electrons. The molecule has 2 N–H and O–H groups in total. The minimum Gasteiger partial charge on any atom is -0.326 e. The molecule has 1 aromatic carbocycles. The molecule has 5 nitrogen and oxygen atoms in total. The molecule has 1 aliphatic rings. The molecule has 0 unspecified atom stereocenters. The number of anilines is 2. The summed E-state index contributed by atoms with van der Waals surface area (Å²) in [5.74, 6) is -0.186. The second-order valence-corrected chi connectivity index (χ2v) is 4.99.